The molecule has 4 rings (SSSR count). The summed E-state index contributed by atoms with van der Waals surface area (Å²) in [4.78, 5) is 16.7. The topological polar surface area (TPSA) is 64.7 Å². The van der Waals surface area contributed by atoms with Crippen LogP contribution < -0.4 is 5.32 Å². The molecule has 4 aromatic rings. The maximum Gasteiger partial charge on any atom is 0.257 e. The Morgan fingerprint density at radius 3 is 2.37 bits per heavy atom. The molecular formula is C21H19N5O. The van der Waals surface area contributed by atoms with Crippen molar-refractivity contribution in [2.24, 2.45) is 0 Å². The van der Waals surface area contributed by atoms with Crippen LogP contribution >= 0.6 is 0 Å². The SMILES string of the molecule is Cc1cc(C(=O)Nc2ccc(-n3cncn3)cc2)c(C)n1-c1ccccc1. The van der Waals surface area contributed by atoms with E-state index in [9.17, 15) is 4.79 Å². The minimum Gasteiger partial charge on any atom is -0.322 e. The van der Waals surface area contributed by atoms with Crippen LogP contribution in [0.1, 0.15) is 21.7 Å². The monoisotopic (exact) mass is 357 g/mol. The molecule has 0 atom stereocenters. The molecule has 0 unspecified atom stereocenters. The zero-order valence-electron chi connectivity index (χ0n) is 15.1. The lowest BCUT2D eigenvalue weighted by Crippen LogP contribution is -2.13. The largest absolute Gasteiger partial charge is 0.322 e. The van der Waals surface area contributed by atoms with Gasteiger partial charge in [-0.3, -0.25) is 4.79 Å². The van der Waals surface area contributed by atoms with Gasteiger partial charge in [-0.25, -0.2) is 9.67 Å². The van der Waals surface area contributed by atoms with Crippen molar-refractivity contribution in [2.45, 2.75) is 13.8 Å². The summed E-state index contributed by atoms with van der Waals surface area (Å²) in [6.07, 6.45) is 3.12. The fourth-order valence-corrected chi connectivity index (χ4v) is 3.20. The van der Waals surface area contributed by atoms with Crippen molar-refractivity contribution in [2.75, 3.05) is 5.32 Å². The number of rotatable bonds is 4. The maximum absolute atomic E-state index is 12.8. The number of aromatic nitrogens is 4. The van der Waals surface area contributed by atoms with Crippen molar-refractivity contribution in [3.05, 3.63) is 90.3 Å². The van der Waals surface area contributed by atoms with Crippen LogP contribution in [-0.2, 0) is 0 Å². The fraction of sp³-hybridized carbons (Fsp3) is 0.0952. The van der Waals surface area contributed by atoms with Crippen molar-refractivity contribution >= 4 is 11.6 Å². The lowest BCUT2D eigenvalue weighted by Gasteiger charge is -2.10. The van der Waals surface area contributed by atoms with Gasteiger partial charge < -0.3 is 9.88 Å². The molecule has 0 fully saturated rings. The van der Waals surface area contributed by atoms with Crippen molar-refractivity contribution < 1.29 is 4.79 Å². The Morgan fingerprint density at radius 1 is 0.963 bits per heavy atom. The first-order valence-corrected chi connectivity index (χ1v) is 8.64. The average Bonchev–Trinajstić information content (AvgIpc) is 3.31. The van der Waals surface area contributed by atoms with Crippen LogP contribution in [0.25, 0.3) is 11.4 Å². The zero-order chi connectivity index (χ0) is 18.8. The second-order valence-corrected chi connectivity index (χ2v) is 6.30. The molecule has 2 aromatic carbocycles. The van der Waals surface area contributed by atoms with Gasteiger partial charge in [-0.15, -0.1) is 0 Å². The van der Waals surface area contributed by atoms with E-state index in [4.69, 9.17) is 0 Å². The summed E-state index contributed by atoms with van der Waals surface area (Å²) in [5.74, 6) is -0.126. The molecule has 6 nitrogen and oxygen atoms in total. The number of hydrogen-bond acceptors (Lipinski definition) is 3. The van der Waals surface area contributed by atoms with Crippen molar-refractivity contribution in [1.82, 2.24) is 19.3 Å². The van der Waals surface area contributed by atoms with Crippen LogP contribution in [0.4, 0.5) is 5.69 Å². The van der Waals surface area contributed by atoms with Gasteiger partial charge in [0.1, 0.15) is 12.7 Å². The van der Waals surface area contributed by atoms with E-state index in [1.807, 2.05) is 74.5 Å². The van der Waals surface area contributed by atoms with E-state index in [2.05, 4.69) is 20.0 Å². The number of benzene rings is 2. The second kappa shape index (κ2) is 6.92. The standard InChI is InChI=1S/C21H19N5O/c1-15-12-20(16(2)26(15)19-6-4-3-5-7-19)21(27)24-17-8-10-18(11-9-17)25-14-22-13-23-25/h3-14H,1-2H3,(H,24,27). The molecule has 1 N–H and O–H groups in total. The average molecular weight is 357 g/mol. The fourth-order valence-electron chi connectivity index (χ4n) is 3.20. The summed E-state index contributed by atoms with van der Waals surface area (Å²) in [7, 11) is 0. The molecule has 27 heavy (non-hydrogen) atoms. The van der Waals surface area contributed by atoms with Crippen molar-refractivity contribution in [1.29, 1.82) is 0 Å². The number of nitrogens with zero attached hydrogens (tertiary/aromatic N) is 4. The molecule has 6 heteroatoms. The van der Waals surface area contributed by atoms with Crippen LogP contribution in [0, 0.1) is 13.8 Å². The summed E-state index contributed by atoms with van der Waals surface area (Å²) in [5.41, 5.74) is 5.25. The van der Waals surface area contributed by atoms with Crippen LogP contribution in [0.5, 0.6) is 0 Å². The Morgan fingerprint density at radius 2 is 1.70 bits per heavy atom. The van der Waals surface area contributed by atoms with E-state index in [0.717, 1.165) is 28.5 Å². The first-order valence-electron chi connectivity index (χ1n) is 8.64. The van der Waals surface area contributed by atoms with Gasteiger partial charge in [0.15, 0.2) is 0 Å². The van der Waals surface area contributed by atoms with E-state index in [-0.39, 0.29) is 5.91 Å². The normalized spacial score (nSPS) is 10.7. The molecule has 0 saturated carbocycles. The van der Waals surface area contributed by atoms with E-state index in [0.29, 0.717) is 5.56 Å². The van der Waals surface area contributed by atoms with Crippen molar-refractivity contribution in [3.8, 4) is 11.4 Å². The Bertz CT molecular complexity index is 1060. The molecule has 2 aromatic heterocycles. The Kier molecular flexibility index (Phi) is 4.30. The van der Waals surface area contributed by atoms with E-state index >= 15 is 0 Å². The molecule has 1 amide bonds. The predicted octanol–water partition coefficient (Wildman–Crippen LogP) is 3.93. The Balaban J connectivity index is 1.57. The van der Waals surface area contributed by atoms with Gasteiger partial charge in [0.05, 0.1) is 11.3 Å². The highest BCUT2D eigenvalue weighted by Crippen LogP contribution is 2.22. The second-order valence-electron chi connectivity index (χ2n) is 6.30. The van der Waals surface area contributed by atoms with Gasteiger partial charge >= 0.3 is 0 Å². The summed E-state index contributed by atoms with van der Waals surface area (Å²) < 4.78 is 3.75. The lowest BCUT2D eigenvalue weighted by molar-refractivity contribution is 0.102. The van der Waals surface area contributed by atoms with Gasteiger partial charge in [-0.2, -0.15) is 5.10 Å². The minimum atomic E-state index is -0.126. The molecule has 0 aliphatic heterocycles. The quantitative estimate of drug-likeness (QED) is 0.602. The van der Waals surface area contributed by atoms with Crippen molar-refractivity contribution in [3.63, 3.8) is 0 Å². The highest BCUT2D eigenvalue weighted by atomic mass is 16.1. The van der Waals surface area contributed by atoms with Gasteiger partial charge in [-0.05, 0) is 56.3 Å². The first kappa shape index (κ1) is 16.8. The summed E-state index contributed by atoms with van der Waals surface area (Å²) >= 11 is 0. The molecule has 0 aliphatic carbocycles. The predicted molar refractivity (Wildman–Crippen MR) is 105 cm³/mol. The van der Waals surface area contributed by atoms with E-state index in [1.165, 1.54) is 6.33 Å². The third kappa shape index (κ3) is 3.25. The number of nitrogens with one attached hydrogen (secondary N) is 1. The van der Waals surface area contributed by atoms with Gasteiger partial charge in [0, 0.05) is 22.8 Å². The minimum absolute atomic E-state index is 0.126. The highest BCUT2D eigenvalue weighted by Gasteiger charge is 2.16. The lowest BCUT2D eigenvalue weighted by atomic mass is 10.2. The molecule has 134 valence electrons. The molecular weight excluding hydrogens is 338 g/mol. The van der Waals surface area contributed by atoms with Crippen LogP contribution in [0.15, 0.2) is 73.3 Å². The number of para-hydroxylation sites is 1. The number of amides is 1. The van der Waals surface area contributed by atoms with Gasteiger partial charge in [0.2, 0.25) is 0 Å². The van der Waals surface area contributed by atoms with Gasteiger partial charge in [0.25, 0.3) is 5.91 Å². The third-order valence-corrected chi connectivity index (χ3v) is 4.50. The molecule has 0 spiro atoms. The van der Waals surface area contributed by atoms with Crippen LogP contribution in [0.3, 0.4) is 0 Å². The van der Waals surface area contributed by atoms with E-state index < -0.39 is 0 Å². The summed E-state index contributed by atoms with van der Waals surface area (Å²) in [6.45, 7) is 3.96. The zero-order valence-corrected chi connectivity index (χ0v) is 15.1. The molecule has 0 radical (unpaired) electrons. The smallest absolute Gasteiger partial charge is 0.257 e. The maximum atomic E-state index is 12.8. The third-order valence-electron chi connectivity index (χ3n) is 4.50. The van der Waals surface area contributed by atoms with E-state index in [1.54, 1.807) is 11.0 Å². The number of hydrogen-bond donors (Lipinski definition) is 1. The summed E-state index contributed by atoms with van der Waals surface area (Å²) in [6, 6.07) is 19.4. The number of anilines is 1. The number of aryl methyl sites for hydroxylation is 1. The van der Waals surface area contributed by atoms with Crippen LogP contribution in [-0.4, -0.2) is 25.2 Å². The molecule has 0 saturated heterocycles. The Hall–Kier alpha value is -3.67. The number of carbonyl (C=O) groups is 1. The summed E-state index contributed by atoms with van der Waals surface area (Å²) in [5, 5.41) is 7.06. The Labute approximate surface area is 157 Å². The highest BCUT2D eigenvalue weighted by molar-refractivity contribution is 6.05. The van der Waals surface area contributed by atoms with Crippen LogP contribution in [0.2, 0.25) is 0 Å². The molecule has 2 heterocycles. The molecule has 0 aliphatic rings. The van der Waals surface area contributed by atoms with Gasteiger partial charge in [-0.1, -0.05) is 18.2 Å². The first-order chi connectivity index (χ1) is 13.1. The number of carbonyl (C=O) groups excluding carboxylic acids is 1. The molecule has 0 bridgehead atoms.